The molecule has 0 heterocycles. The van der Waals surface area contributed by atoms with Gasteiger partial charge in [0.05, 0.1) is 5.02 Å². The first-order valence-corrected chi connectivity index (χ1v) is 5.81. The molecule has 0 saturated heterocycles. The fourth-order valence-electron chi connectivity index (χ4n) is 1.61. The SMILES string of the molecule is Oc1ccc(CNCCC2CC2)cc1Cl. The Balaban J connectivity index is 1.74. The predicted octanol–water partition coefficient (Wildman–Crippen LogP) is 2.94. The summed E-state index contributed by atoms with van der Waals surface area (Å²) in [6, 6.07) is 5.34. The minimum atomic E-state index is 0.151. The highest BCUT2D eigenvalue weighted by molar-refractivity contribution is 6.32. The van der Waals surface area contributed by atoms with Crippen LogP contribution >= 0.6 is 11.6 Å². The number of hydrogen-bond donors (Lipinski definition) is 2. The van der Waals surface area contributed by atoms with Gasteiger partial charge in [-0.05, 0) is 36.6 Å². The average Bonchev–Trinajstić information content (AvgIpc) is 3.02. The Morgan fingerprint density at radius 2 is 2.20 bits per heavy atom. The van der Waals surface area contributed by atoms with E-state index in [1.165, 1.54) is 19.3 Å². The van der Waals surface area contributed by atoms with Gasteiger partial charge in [-0.25, -0.2) is 0 Å². The lowest BCUT2D eigenvalue weighted by Gasteiger charge is -2.05. The molecule has 1 aliphatic rings. The molecule has 3 heteroatoms. The molecule has 1 aliphatic carbocycles. The first kappa shape index (κ1) is 10.8. The molecule has 0 unspecified atom stereocenters. The maximum atomic E-state index is 9.24. The second-order valence-electron chi connectivity index (χ2n) is 4.19. The molecule has 0 spiro atoms. The molecule has 2 nitrogen and oxygen atoms in total. The summed E-state index contributed by atoms with van der Waals surface area (Å²) in [6.45, 7) is 1.90. The van der Waals surface area contributed by atoms with Gasteiger partial charge in [-0.2, -0.15) is 0 Å². The number of phenols is 1. The van der Waals surface area contributed by atoms with Gasteiger partial charge in [0.2, 0.25) is 0 Å². The van der Waals surface area contributed by atoms with E-state index in [0.717, 1.165) is 24.6 Å². The molecule has 15 heavy (non-hydrogen) atoms. The maximum Gasteiger partial charge on any atom is 0.134 e. The molecule has 1 aromatic carbocycles. The molecule has 2 N–H and O–H groups in total. The van der Waals surface area contributed by atoms with Crippen LogP contribution in [0.4, 0.5) is 0 Å². The summed E-state index contributed by atoms with van der Waals surface area (Å²) < 4.78 is 0. The van der Waals surface area contributed by atoms with E-state index in [0.29, 0.717) is 5.02 Å². The van der Waals surface area contributed by atoms with Gasteiger partial charge in [-0.15, -0.1) is 0 Å². The predicted molar refractivity (Wildman–Crippen MR) is 62.2 cm³/mol. The third-order valence-corrected chi connectivity index (χ3v) is 3.07. The normalized spacial score (nSPS) is 15.5. The van der Waals surface area contributed by atoms with Gasteiger partial charge in [-0.3, -0.25) is 0 Å². The van der Waals surface area contributed by atoms with Gasteiger partial charge >= 0.3 is 0 Å². The van der Waals surface area contributed by atoms with E-state index in [-0.39, 0.29) is 5.75 Å². The van der Waals surface area contributed by atoms with Gasteiger partial charge in [0, 0.05) is 6.54 Å². The molecule has 0 bridgehead atoms. The second kappa shape index (κ2) is 4.86. The molecule has 0 aliphatic heterocycles. The molecule has 1 fully saturated rings. The maximum absolute atomic E-state index is 9.24. The lowest BCUT2D eigenvalue weighted by atomic mass is 10.2. The van der Waals surface area contributed by atoms with Crippen molar-refractivity contribution in [3.63, 3.8) is 0 Å². The van der Waals surface area contributed by atoms with Crippen LogP contribution in [0.2, 0.25) is 5.02 Å². The Labute approximate surface area is 95.3 Å². The number of hydrogen-bond acceptors (Lipinski definition) is 2. The van der Waals surface area contributed by atoms with Gasteiger partial charge in [0.15, 0.2) is 0 Å². The quantitative estimate of drug-likeness (QED) is 0.756. The number of benzene rings is 1. The first-order chi connectivity index (χ1) is 7.25. The van der Waals surface area contributed by atoms with Gasteiger partial charge < -0.3 is 10.4 Å². The molecule has 1 saturated carbocycles. The summed E-state index contributed by atoms with van der Waals surface area (Å²) in [5.41, 5.74) is 1.12. The van der Waals surface area contributed by atoms with Crippen LogP contribution in [0.25, 0.3) is 0 Å². The minimum Gasteiger partial charge on any atom is -0.506 e. The Kier molecular flexibility index (Phi) is 3.49. The van der Waals surface area contributed by atoms with E-state index in [4.69, 9.17) is 11.6 Å². The fraction of sp³-hybridized carbons (Fsp3) is 0.500. The van der Waals surface area contributed by atoms with E-state index in [1.54, 1.807) is 12.1 Å². The van der Waals surface area contributed by atoms with Crippen LogP contribution in [0.3, 0.4) is 0 Å². The van der Waals surface area contributed by atoms with Crippen molar-refractivity contribution in [3.8, 4) is 5.75 Å². The summed E-state index contributed by atoms with van der Waals surface area (Å²) in [4.78, 5) is 0. The van der Waals surface area contributed by atoms with E-state index in [2.05, 4.69) is 5.32 Å². The molecule has 1 aromatic rings. The van der Waals surface area contributed by atoms with Crippen LogP contribution in [0.5, 0.6) is 5.75 Å². The van der Waals surface area contributed by atoms with Crippen LogP contribution in [-0.4, -0.2) is 11.7 Å². The Hall–Kier alpha value is -0.730. The molecule has 2 rings (SSSR count). The average molecular weight is 226 g/mol. The van der Waals surface area contributed by atoms with Crippen molar-refractivity contribution >= 4 is 11.6 Å². The van der Waals surface area contributed by atoms with Gasteiger partial charge in [0.1, 0.15) is 5.75 Å². The number of halogens is 1. The Morgan fingerprint density at radius 1 is 1.40 bits per heavy atom. The summed E-state index contributed by atoms with van der Waals surface area (Å²) in [5, 5.41) is 13.1. The summed E-state index contributed by atoms with van der Waals surface area (Å²) >= 11 is 5.81. The van der Waals surface area contributed by atoms with Crippen molar-refractivity contribution in [1.82, 2.24) is 5.32 Å². The van der Waals surface area contributed by atoms with Crippen LogP contribution in [-0.2, 0) is 6.54 Å². The molecular formula is C12H16ClNO. The minimum absolute atomic E-state index is 0.151. The van der Waals surface area contributed by atoms with Gasteiger partial charge in [0.25, 0.3) is 0 Å². The second-order valence-corrected chi connectivity index (χ2v) is 4.60. The largest absolute Gasteiger partial charge is 0.506 e. The van der Waals surface area contributed by atoms with Crippen LogP contribution in [0.15, 0.2) is 18.2 Å². The highest BCUT2D eigenvalue weighted by Crippen LogP contribution is 2.31. The summed E-state index contributed by atoms with van der Waals surface area (Å²) in [6.07, 6.45) is 4.10. The zero-order valence-electron chi connectivity index (χ0n) is 8.67. The number of phenolic OH excluding ortho intramolecular Hbond substituents is 1. The molecule has 0 atom stereocenters. The number of aromatic hydroxyl groups is 1. The highest BCUT2D eigenvalue weighted by Gasteiger charge is 2.19. The van der Waals surface area contributed by atoms with Crippen molar-refractivity contribution in [3.05, 3.63) is 28.8 Å². The van der Waals surface area contributed by atoms with Crippen molar-refractivity contribution < 1.29 is 5.11 Å². The highest BCUT2D eigenvalue weighted by atomic mass is 35.5. The summed E-state index contributed by atoms with van der Waals surface area (Å²) in [7, 11) is 0. The monoisotopic (exact) mass is 225 g/mol. The van der Waals surface area contributed by atoms with E-state index in [9.17, 15) is 5.11 Å². The zero-order valence-corrected chi connectivity index (χ0v) is 9.43. The molecular weight excluding hydrogens is 210 g/mol. The van der Waals surface area contributed by atoms with E-state index in [1.807, 2.05) is 6.07 Å². The lowest BCUT2D eigenvalue weighted by Crippen LogP contribution is -2.15. The van der Waals surface area contributed by atoms with E-state index < -0.39 is 0 Å². The number of rotatable bonds is 5. The molecule has 0 aromatic heterocycles. The van der Waals surface area contributed by atoms with E-state index >= 15 is 0 Å². The Morgan fingerprint density at radius 3 is 2.87 bits per heavy atom. The molecule has 0 amide bonds. The Bertz CT molecular complexity index is 336. The molecule has 0 radical (unpaired) electrons. The first-order valence-electron chi connectivity index (χ1n) is 5.44. The topological polar surface area (TPSA) is 32.3 Å². The van der Waals surface area contributed by atoms with Crippen LogP contribution < -0.4 is 5.32 Å². The third-order valence-electron chi connectivity index (χ3n) is 2.77. The van der Waals surface area contributed by atoms with Crippen LogP contribution in [0, 0.1) is 5.92 Å². The van der Waals surface area contributed by atoms with Crippen LogP contribution in [0.1, 0.15) is 24.8 Å². The fourth-order valence-corrected chi connectivity index (χ4v) is 1.81. The lowest BCUT2D eigenvalue weighted by molar-refractivity contribution is 0.475. The third kappa shape index (κ3) is 3.40. The van der Waals surface area contributed by atoms with Crippen molar-refractivity contribution in [2.45, 2.75) is 25.8 Å². The molecule has 82 valence electrons. The smallest absolute Gasteiger partial charge is 0.134 e. The van der Waals surface area contributed by atoms with Gasteiger partial charge in [-0.1, -0.05) is 30.5 Å². The number of nitrogens with one attached hydrogen (secondary N) is 1. The summed E-state index contributed by atoms with van der Waals surface area (Å²) in [5.74, 6) is 1.12. The zero-order chi connectivity index (χ0) is 10.7. The standard InChI is InChI=1S/C12H16ClNO/c13-11-7-10(3-4-12(11)15)8-14-6-5-9-1-2-9/h3-4,7,9,14-15H,1-2,5-6,8H2. The van der Waals surface area contributed by atoms with Crippen molar-refractivity contribution in [2.24, 2.45) is 5.92 Å². The van der Waals surface area contributed by atoms with Crippen molar-refractivity contribution in [1.29, 1.82) is 0 Å². The van der Waals surface area contributed by atoms with Crippen molar-refractivity contribution in [2.75, 3.05) is 6.54 Å².